The van der Waals surface area contributed by atoms with Crippen LogP contribution in [0.15, 0.2) is 59.5 Å². The van der Waals surface area contributed by atoms with Crippen molar-refractivity contribution in [3.8, 4) is 0 Å². The molecule has 0 radical (unpaired) electrons. The summed E-state index contributed by atoms with van der Waals surface area (Å²) in [6, 6.07) is 17.7. The minimum Gasteiger partial charge on any atom is -0.312 e. The summed E-state index contributed by atoms with van der Waals surface area (Å²) in [7, 11) is 0. The molecule has 0 aromatic heterocycles. The average molecular weight is 299 g/mol. The molecule has 0 aliphatic carbocycles. The molecule has 2 rings (SSSR count). The zero-order valence-corrected chi connectivity index (χ0v) is 13.2. The first-order chi connectivity index (χ1) is 10.2. The van der Waals surface area contributed by atoms with Crippen molar-refractivity contribution in [3.63, 3.8) is 0 Å². The van der Waals surface area contributed by atoms with Crippen LogP contribution in [0.2, 0.25) is 0 Å². The predicted octanol–water partition coefficient (Wildman–Crippen LogP) is 4.35. The van der Waals surface area contributed by atoms with Gasteiger partial charge in [-0.2, -0.15) is 0 Å². The molecule has 0 bridgehead atoms. The van der Waals surface area contributed by atoms with Gasteiger partial charge in [0.05, 0.1) is 6.42 Å². The summed E-state index contributed by atoms with van der Waals surface area (Å²) >= 11 is 4.27. The van der Waals surface area contributed by atoms with Gasteiger partial charge in [0.15, 0.2) is 0 Å². The van der Waals surface area contributed by atoms with Crippen LogP contribution in [-0.2, 0) is 11.2 Å². The molecule has 0 saturated heterocycles. The highest BCUT2D eigenvalue weighted by molar-refractivity contribution is 7.80. The summed E-state index contributed by atoms with van der Waals surface area (Å²) in [5.74, 6) is 0.140. The summed E-state index contributed by atoms with van der Waals surface area (Å²) < 4.78 is 0. The Morgan fingerprint density at radius 2 is 1.71 bits per heavy atom. The number of rotatable bonds is 6. The van der Waals surface area contributed by atoms with E-state index in [9.17, 15) is 4.79 Å². The van der Waals surface area contributed by atoms with Crippen molar-refractivity contribution in [1.82, 2.24) is 0 Å². The zero-order chi connectivity index (χ0) is 15.1. The molecule has 0 atom stereocenters. The Balaban J connectivity index is 2.12. The molecule has 110 valence electrons. The van der Waals surface area contributed by atoms with Crippen LogP contribution in [0.25, 0.3) is 0 Å². The van der Waals surface area contributed by atoms with Gasteiger partial charge < -0.3 is 4.90 Å². The highest BCUT2D eigenvalue weighted by Crippen LogP contribution is 2.17. The number of carbonyl (C=O) groups is 1. The van der Waals surface area contributed by atoms with Crippen LogP contribution < -0.4 is 4.90 Å². The van der Waals surface area contributed by atoms with Crippen LogP contribution in [0.3, 0.4) is 0 Å². The smallest absolute Gasteiger partial charge is 0.231 e. The monoisotopic (exact) mass is 299 g/mol. The van der Waals surface area contributed by atoms with Gasteiger partial charge in [-0.1, -0.05) is 43.7 Å². The number of carbonyl (C=O) groups excluding carboxylic acids is 1. The molecule has 0 spiro atoms. The summed E-state index contributed by atoms with van der Waals surface area (Å²) in [6.45, 7) is 2.91. The van der Waals surface area contributed by atoms with E-state index in [0.717, 1.165) is 35.5 Å². The fourth-order valence-electron chi connectivity index (χ4n) is 2.21. The molecule has 0 N–H and O–H groups in total. The Morgan fingerprint density at radius 3 is 2.33 bits per heavy atom. The van der Waals surface area contributed by atoms with E-state index < -0.39 is 0 Å². The predicted molar refractivity (Wildman–Crippen MR) is 91.1 cm³/mol. The van der Waals surface area contributed by atoms with Crippen molar-refractivity contribution in [3.05, 3.63) is 60.2 Å². The molecule has 0 fully saturated rings. The van der Waals surface area contributed by atoms with Crippen molar-refractivity contribution in [2.75, 3.05) is 11.4 Å². The number of amides is 1. The van der Waals surface area contributed by atoms with E-state index in [1.807, 2.05) is 59.5 Å². The maximum Gasteiger partial charge on any atom is 0.231 e. The summed E-state index contributed by atoms with van der Waals surface area (Å²) in [6.07, 6.45) is 2.51. The molecule has 2 aromatic carbocycles. The van der Waals surface area contributed by atoms with Gasteiger partial charge in [-0.05, 0) is 36.2 Å². The van der Waals surface area contributed by atoms with Crippen molar-refractivity contribution >= 4 is 24.2 Å². The van der Waals surface area contributed by atoms with Crippen LogP contribution >= 0.6 is 12.6 Å². The van der Waals surface area contributed by atoms with E-state index in [4.69, 9.17) is 0 Å². The topological polar surface area (TPSA) is 20.3 Å². The van der Waals surface area contributed by atoms with E-state index in [1.165, 1.54) is 0 Å². The second kappa shape index (κ2) is 7.89. The molecule has 0 saturated carbocycles. The van der Waals surface area contributed by atoms with Gasteiger partial charge in [0.1, 0.15) is 0 Å². The SMILES string of the molecule is CCCCN(C(=O)Cc1ccc(S)cc1)c1ccccc1. The van der Waals surface area contributed by atoms with Gasteiger partial charge in [0, 0.05) is 17.1 Å². The molecular weight excluding hydrogens is 278 g/mol. The van der Waals surface area contributed by atoms with Gasteiger partial charge in [-0.15, -0.1) is 12.6 Å². The van der Waals surface area contributed by atoms with E-state index in [0.29, 0.717) is 6.42 Å². The average Bonchev–Trinajstić information content (AvgIpc) is 2.51. The Labute approximate surface area is 132 Å². The van der Waals surface area contributed by atoms with Crippen LogP contribution in [-0.4, -0.2) is 12.5 Å². The fourth-order valence-corrected chi connectivity index (χ4v) is 2.35. The molecule has 0 heterocycles. The normalized spacial score (nSPS) is 10.4. The lowest BCUT2D eigenvalue weighted by Crippen LogP contribution is -2.33. The minimum atomic E-state index is 0.140. The summed E-state index contributed by atoms with van der Waals surface area (Å²) in [5, 5.41) is 0. The van der Waals surface area contributed by atoms with Gasteiger partial charge >= 0.3 is 0 Å². The van der Waals surface area contributed by atoms with Crippen molar-refractivity contribution < 1.29 is 4.79 Å². The second-order valence-corrected chi connectivity index (χ2v) is 5.59. The molecule has 2 aromatic rings. The lowest BCUT2D eigenvalue weighted by atomic mass is 10.1. The Kier molecular flexibility index (Phi) is 5.88. The molecular formula is C18H21NOS. The highest BCUT2D eigenvalue weighted by Gasteiger charge is 2.15. The van der Waals surface area contributed by atoms with Gasteiger partial charge in [0.2, 0.25) is 5.91 Å². The van der Waals surface area contributed by atoms with E-state index >= 15 is 0 Å². The van der Waals surface area contributed by atoms with E-state index in [1.54, 1.807) is 0 Å². The number of benzene rings is 2. The van der Waals surface area contributed by atoms with E-state index in [2.05, 4.69) is 19.6 Å². The second-order valence-electron chi connectivity index (χ2n) is 5.08. The Hall–Kier alpha value is -1.74. The maximum atomic E-state index is 12.6. The number of hydrogen-bond donors (Lipinski definition) is 1. The van der Waals surface area contributed by atoms with Gasteiger partial charge in [-0.25, -0.2) is 0 Å². The largest absolute Gasteiger partial charge is 0.312 e. The number of hydrogen-bond acceptors (Lipinski definition) is 2. The molecule has 0 aliphatic heterocycles. The van der Waals surface area contributed by atoms with Crippen molar-refractivity contribution in [2.24, 2.45) is 0 Å². The number of anilines is 1. The number of para-hydroxylation sites is 1. The lowest BCUT2D eigenvalue weighted by Gasteiger charge is -2.23. The molecule has 1 amide bonds. The third-order valence-corrected chi connectivity index (χ3v) is 3.69. The number of nitrogens with zero attached hydrogens (tertiary/aromatic N) is 1. The summed E-state index contributed by atoms with van der Waals surface area (Å²) in [5.41, 5.74) is 2.00. The molecule has 2 nitrogen and oxygen atoms in total. The lowest BCUT2D eigenvalue weighted by molar-refractivity contribution is -0.118. The Bertz CT molecular complexity index is 566. The van der Waals surface area contributed by atoms with Crippen LogP contribution in [0.5, 0.6) is 0 Å². The van der Waals surface area contributed by atoms with Crippen molar-refractivity contribution in [2.45, 2.75) is 31.1 Å². The molecule has 3 heteroatoms. The molecule has 0 unspecified atom stereocenters. The van der Waals surface area contributed by atoms with Crippen molar-refractivity contribution in [1.29, 1.82) is 0 Å². The van der Waals surface area contributed by atoms with Gasteiger partial charge in [-0.3, -0.25) is 4.79 Å². The van der Waals surface area contributed by atoms with Gasteiger partial charge in [0.25, 0.3) is 0 Å². The van der Waals surface area contributed by atoms with E-state index in [-0.39, 0.29) is 5.91 Å². The minimum absolute atomic E-state index is 0.140. The van der Waals surface area contributed by atoms with Crippen LogP contribution in [0.4, 0.5) is 5.69 Å². The first-order valence-electron chi connectivity index (χ1n) is 7.34. The molecule has 0 aliphatic rings. The maximum absolute atomic E-state index is 12.6. The quantitative estimate of drug-likeness (QED) is 0.786. The molecule has 21 heavy (non-hydrogen) atoms. The number of unbranched alkanes of at least 4 members (excludes halogenated alkanes) is 1. The van der Waals surface area contributed by atoms with Crippen LogP contribution in [0.1, 0.15) is 25.3 Å². The zero-order valence-electron chi connectivity index (χ0n) is 12.3. The third-order valence-electron chi connectivity index (χ3n) is 3.40. The standard InChI is InChI=1S/C18H21NOS/c1-2-3-13-19(16-7-5-4-6-8-16)18(20)14-15-9-11-17(21)12-10-15/h4-12,21H,2-3,13-14H2,1H3. The Morgan fingerprint density at radius 1 is 1.05 bits per heavy atom. The number of thiol groups is 1. The third kappa shape index (κ3) is 4.64. The van der Waals surface area contributed by atoms with Crippen LogP contribution in [0, 0.1) is 0 Å². The first kappa shape index (κ1) is 15.6. The summed E-state index contributed by atoms with van der Waals surface area (Å²) in [4.78, 5) is 15.4. The fraction of sp³-hybridized carbons (Fsp3) is 0.278. The highest BCUT2D eigenvalue weighted by atomic mass is 32.1. The first-order valence-corrected chi connectivity index (χ1v) is 7.78.